The Morgan fingerprint density at radius 2 is 1.81 bits per heavy atom. The van der Waals surface area contributed by atoms with Gasteiger partial charge in [0.1, 0.15) is 6.04 Å². The van der Waals surface area contributed by atoms with Crippen LogP contribution in [0.4, 0.5) is 5.69 Å². The van der Waals surface area contributed by atoms with Crippen molar-refractivity contribution >= 4 is 42.8 Å². The van der Waals surface area contributed by atoms with Gasteiger partial charge in [0.25, 0.3) is 10.0 Å². The highest BCUT2D eigenvalue weighted by Gasteiger charge is 2.38. The van der Waals surface area contributed by atoms with Crippen molar-refractivity contribution in [2.75, 3.05) is 10.5 Å². The van der Waals surface area contributed by atoms with E-state index in [1.54, 1.807) is 55.5 Å². The van der Waals surface area contributed by atoms with E-state index < -0.39 is 26.1 Å². The molecule has 0 radical (unpaired) electrons. The van der Waals surface area contributed by atoms with Gasteiger partial charge in [-0.2, -0.15) is 17.9 Å². The Bertz CT molecular complexity index is 1350. The van der Waals surface area contributed by atoms with Gasteiger partial charge in [-0.25, -0.2) is 8.42 Å². The van der Waals surface area contributed by atoms with Gasteiger partial charge in [-0.1, -0.05) is 35.9 Å². The predicted octanol–water partition coefficient (Wildman–Crippen LogP) is 4.36. The molecule has 2 aromatic carbocycles. The third-order valence-corrected chi connectivity index (χ3v) is 9.14. The van der Waals surface area contributed by atoms with Crippen LogP contribution >= 0.6 is 11.3 Å². The number of rotatable bonds is 7. The molecule has 1 atom stereocenters. The number of aryl methyl sites for hydroxylation is 1. The lowest BCUT2D eigenvalue weighted by Gasteiger charge is -2.22. The number of anilines is 1. The van der Waals surface area contributed by atoms with E-state index in [1.165, 1.54) is 15.8 Å². The maximum atomic E-state index is 13.5. The zero-order valence-electron chi connectivity index (χ0n) is 17.6. The van der Waals surface area contributed by atoms with E-state index in [4.69, 9.17) is 0 Å². The van der Waals surface area contributed by atoms with Crippen LogP contribution in [0.1, 0.15) is 35.4 Å². The summed E-state index contributed by atoms with van der Waals surface area (Å²) in [5, 5.41) is 6.42. The Morgan fingerprint density at radius 1 is 1.06 bits per heavy atom. The molecule has 0 unspecified atom stereocenters. The summed E-state index contributed by atoms with van der Waals surface area (Å²) in [7, 11) is -7.30. The van der Waals surface area contributed by atoms with Crippen LogP contribution in [0.3, 0.4) is 0 Å². The Labute approximate surface area is 192 Å². The standard InChI is InChI=1S/C22H23N3O4S3/c1-3-31(26,27)24-18-7-4-6-17(14-18)20-15-21(22-8-5-13-30-22)25(23-20)32(28,29)19-11-9-16(2)10-12-19/h4-14,21,24H,3,15H2,1-2H3/t21-/m0/s1. The zero-order chi connectivity index (χ0) is 22.9. The average molecular weight is 490 g/mol. The zero-order valence-corrected chi connectivity index (χ0v) is 20.0. The lowest BCUT2D eigenvalue weighted by molar-refractivity contribution is 0.375. The van der Waals surface area contributed by atoms with Gasteiger partial charge < -0.3 is 0 Å². The van der Waals surface area contributed by atoms with Crippen LogP contribution in [0.25, 0.3) is 0 Å². The molecule has 0 saturated carbocycles. The fraction of sp³-hybridized carbons (Fsp3) is 0.227. The summed E-state index contributed by atoms with van der Waals surface area (Å²) in [6.07, 6.45) is 0.385. The SMILES string of the molecule is CCS(=O)(=O)Nc1cccc(C2=NN(S(=O)(=O)c3ccc(C)cc3)[C@H](c3cccs3)C2)c1. The topological polar surface area (TPSA) is 95.9 Å². The Balaban J connectivity index is 1.74. The molecule has 0 bridgehead atoms. The maximum Gasteiger partial charge on any atom is 0.279 e. The van der Waals surface area contributed by atoms with E-state index in [0.29, 0.717) is 23.4 Å². The highest BCUT2D eigenvalue weighted by atomic mass is 32.2. The van der Waals surface area contributed by atoms with Crippen LogP contribution < -0.4 is 4.72 Å². The summed E-state index contributed by atoms with van der Waals surface area (Å²) in [4.78, 5) is 1.07. The molecule has 32 heavy (non-hydrogen) atoms. The molecule has 0 saturated heterocycles. The van der Waals surface area contributed by atoms with Crippen molar-refractivity contribution in [3.8, 4) is 0 Å². The number of hydrogen-bond acceptors (Lipinski definition) is 6. The maximum absolute atomic E-state index is 13.5. The van der Waals surface area contributed by atoms with Crippen molar-refractivity contribution in [3.63, 3.8) is 0 Å². The lowest BCUT2D eigenvalue weighted by atomic mass is 10.0. The largest absolute Gasteiger partial charge is 0.284 e. The Hall–Kier alpha value is -2.69. The molecule has 0 spiro atoms. The fourth-order valence-corrected chi connectivity index (χ4v) is 6.34. The molecule has 2 heterocycles. The van der Waals surface area contributed by atoms with E-state index in [0.717, 1.165) is 10.4 Å². The molecular weight excluding hydrogens is 466 g/mol. The molecule has 0 fully saturated rings. The first-order valence-corrected chi connectivity index (χ1v) is 14.0. The molecule has 1 aromatic heterocycles. The van der Waals surface area contributed by atoms with Gasteiger partial charge in [0.2, 0.25) is 10.0 Å². The molecule has 10 heteroatoms. The first-order valence-electron chi connectivity index (χ1n) is 10.0. The summed E-state index contributed by atoms with van der Waals surface area (Å²) in [5.74, 6) is -0.0405. The number of thiophene rings is 1. The van der Waals surface area contributed by atoms with Gasteiger partial charge >= 0.3 is 0 Å². The summed E-state index contributed by atoms with van der Waals surface area (Å²) in [6, 6.07) is 16.9. The summed E-state index contributed by atoms with van der Waals surface area (Å²) in [6.45, 7) is 3.46. The highest BCUT2D eigenvalue weighted by molar-refractivity contribution is 7.92. The number of nitrogens with zero attached hydrogens (tertiary/aromatic N) is 2. The Kier molecular flexibility index (Phi) is 6.11. The minimum Gasteiger partial charge on any atom is -0.284 e. The van der Waals surface area contributed by atoms with Crippen molar-refractivity contribution in [1.82, 2.24) is 4.41 Å². The van der Waals surface area contributed by atoms with Crippen molar-refractivity contribution < 1.29 is 16.8 Å². The van der Waals surface area contributed by atoms with Gasteiger partial charge in [-0.3, -0.25) is 4.72 Å². The van der Waals surface area contributed by atoms with Gasteiger partial charge in [0, 0.05) is 17.0 Å². The van der Waals surface area contributed by atoms with Gasteiger partial charge in [0.05, 0.1) is 16.4 Å². The first kappa shape index (κ1) is 22.5. The fourth-order valence-electron chi connectivity index (χ4n) is 3.41. The van der Waals surface area contributed by atoms with E-state index in [9.17, 15) is 16.8 Å². The smallest absolute Gasteiger partial charge is 0.279 e. The highest BCUT2D eigenvalue weighted by Crippen LogP contribution is 2.39. The van der Waals surface area contributed by atoms with E-state index >= 15 is 0 Å². The quantitative estimate of drug-likeness (QED) is 0.533. The van der Waals surface area contributed by atoms with Gasteiger partial charge in [-0.15, -0.1) is 11.3 Å². The molecule has 0 aliphatic carbocycles. The van der Waals surface area contributed by atoms with Crippen LogP contribution in [-0.4, -0.2) is 32.7 Å². The van der Waals surface area contributed by atoms with Crippen LogP contribution in [0.2, 0.25) is 0 Å². The molecule has 0 amide bonds. The van der Waals surface area contributed by atoms with Crippen molar-refractivity contribution in [1.29, 1.82) is 0 Å². The predicted molar refractivity (Wildman–Crippen MR) is 128 cm³/mol. The lowest BCUT2D eigenvalue weighted by Crippen LogP contribution is -2.26. The van der Waals surface area contributed by atoms with Crippen molar-refractivity contribution in [2.45, 2.75) is 31.2 Å². The minimum absolute atomic E-state index is 0.0405. The third kappa shape index (κ3) is 4.57. The summed E-state index contributed by atoms with van der Waals surface area (Å²) in [5.41, 5.74) is 2.64. The van der Waals surface area contributed by atoms with Crippen LogP contribution in [0.5, 0.6) is 0 Å². The van der Waals surface area contributed by atoms with Gasteiger partial charge in [-0.05, 0) is 55.1 Å². The van der Waals surface area contributed by atoms with Crippen LogP contribution in [-0.2, 0) is 20.0 Å². The summed E-state index contributed by atoms with van der Waals surface area (Å²) >= 11 is 1.48. The van der Waals surface area contributed by atoms with Crippen LogP contribution in [0.15, 0.2) is 76.0 Å². The second kappa shape index (κ2) is 8.68. The average Bonchev–Trinajstić information content (AvgIpc) is 3.44. The molecular formula is C22H23N3O4S3. The van der Waals surface area contributed by atoms with Crippen LogP contribution in [0, 0.1) is 6.92 Å². The minimum atomic E-state index is -3.87. The van der Waals surface area contributed by atoms with Gasteiger partial charge in [0.15, 0.2) is 0 Å². The van der Waals surface area contributed by atoms with Crippen molar-refractivity contribution in [3.05, 3.63) is 82.0 Å². The molecule has 168 valence electrons. The number of benzene rings is 2. The second-order valence-corrected chi connectivity index (χ2v) is 12.2. The first-order chi connectivity index (χ1) is 15.2. The molecule has 7 nitrogen and oxygen atoms in total. The summed E-state index contributed by atoms with van der Waals surface area (Å²) < 4.78 is 54.5. The molecule has 4 rings (SSSR count). The number of hydrogen-bond donors (Lipinski definition) is 1. The molecule has 3 aromatic rings. The van der Waals surface area contributed by atoms with E-state index in [-0.39, 0.29) is 10.6 Å². The number of hydrazone groups is 1. The normalized spacial score (nSPS) is 16.8. The van der Waals surface area contributed by atoms with Crippen molar-refractivity contribution in [2.24, 2.45) is 5.10 Å². The number of nitrogens with one attached hydrogen (secondary N) is 1. The van der Waals surface area contributed by atoms with E-state index in [2.05, 4.69) is 9.82 Å². The molecule has 1 aliphatic heterocycles. The number of sulfonamides is 2. The second-order valence-electron chi connectivity index (χ2n) is 7.46. The Morgan fingerprint density at radius 3 is 2.47 bits per heavy atom. The molecule has 1 N–H and O–H groups in total. The third-order valence-electron chi connectivity index (χ3n) is 5.16. The molecule has 1 aliphatic rings. The van der Waals surface area contributed by atoms with E-state index in [1.807, 2.05) is 24.4 Å². The monoisotopic (exact) mass is 489 g/mol.